The van der Waals surface area contributed by atoms with Crippen molar-refractivity contribution in [2.75, 3.05) is 7.11 Å². The highest BCUT2D eigenvalue weighted by molar-refractivity contribution is 5.97. The molecule has 1 aliphatic heterocycles. The first-order valence-corrected chi connectivity index (χ1v) is 8.17. The molecule has 0 bridgehead atoms. The number of carbonyl (C=O) groups excluding carboxylic acids is 1. The Morgan fingerprint density at radius 2 is 1.50 bits per heavy atom. The monoisotopic (exact) mass is 348 g/mol. The van der Waals surface area contributed by atoms with Gasteiger partial charge in [0.15, 0.2) is 0 Å². The zero-order chi connectivity index (χ0) is 18.4. The van der Waals surface area contributed by atoms with E-state index in [0.29, 0.717) is 16.5 Å². The molecule has 1 atom stereocenters. The Bertz CT molecular complexity index is 1190. The van der Waals surface area contributed by atoms with Gasteiger partial charge in [0, 0.05) is 0 Å². The fourth-order valence-electron chi connectivity index (χ4n) is 3.58. The van der Waals surface area contributed by atoms with Gasteiger partial charge in [-0.1, -0.05) is 42.5 Å². The van der Waals surface area contributed by atoms with Crippen LogP contribution in [0.2, 0.25) is 0 Å². The maximum Gasteiger partial charge on any atom is 0.338 e. The summed E-state index contributed by atoms with van der Waals surface area (Å²) in [7, 11) is 1.29. The van der Waals surface area contributed by atoms with Crippen molar-refractivity contribution in [2.24, 2.45) is 0 Å². The van der Waals surface area contributed by atoms with Crippen LogP contribution in [-0.4, -0.2) is 22.4 Å². The second kappa shape index (κ2) is 5.84. The molecule has 26 heavy (non-hydrogen) atoms. The fourth-order valence-corrected chi connectivity index (χ4v) is 3.58. The number of carbonyl (C=O) groups is 1. The number of methoxy groups -OCH3 is 1. The van der Waals surface area contributed by atoms with Crippen molar-refractivity contribution in [3.05, 3.63) is 86.4 Å². The second-order valence-corrected chi connectivity index (χ2v) is 6.12. The van der Waals surface area contributed by atoms with Crippen molar-refractivity contribution in [3.8, 4) is 0 Å². The lowest BCUT2D eigenvalue weighted by Crippen LogP contribution is -2.37. The molecule has 0 amide bonds. The molecule has 0 N–H and O–H groups in total. The summed E-state index contributed by atoms with van der Waals surface area (Å²) in [6.07, 6.45) is 0. The van der Waals surface area contributed by atoms with Crippen LogP contribution in [0.25, 0.3) is 16.5 Å². The van der Waals surface area contributed by atoms with Crippen molar-refractivity contribution in [1.29, 1.82) is 0 Å². The summed E-state index contributed by atoms with van der Waals surface area (Å²) in [6.45, 7) is 1.65. The summed E-state index contributed by atoms with van der Waals surface area (Å²) in [5.74, 6) is -0.560. The fraction of sp³-hybridized carbons (Fsp3) is 0.150. The third-order valence-corrected chi connectivity index (χ3v) is 4.75. The lowest BCUT2D eigenvalue weighted by molar-refractivity contribution is -0.136. The smallest absolute Gasteiger partial charge is 0.338 e. The summed E-state index contributed by atoms with van der Waals surface area (Å²) in [5, 5.41) is 0.652. The van der Waals surface area contributed by atoms with Crippen LogP contribution in [0.3, 0.4) is 0 Å². The number of hydrogen-bond acceptors (Lipinski definition) is 4. The Hall–Kier alpha value is -3.41. The highest BCUT2D eigenvalue weighted by Gasteiger charge is 2.37. The van der Waals surface area contributed by atoms with E-state index in [1.54, 1.807) is 31.2 Å². The molecule has 0 spiro atoms. The molecule has 3 aromatic rings. The van der Waals surface area contributed by atoms with E-state index in [1.165, 1.54) is 16.5 Å². The number of rotatable bonds is 2. The van der Waals surface area contributed by atoms with E-state index >= 15 is 0 Å². The topological polar surface area (TPSA) is 70.3 Å². The first kappa shape index (κ1) is 16.1. The van der Waals surface area contributed by atoms with Crippen LogP contribution in [0.5, 0.6) is 0 Å². The Morgan fingerprint density at radius 1 is 0.923 bits per heavy atom. The Balaban J connectivity index is 2.16. The molecule has 0 radical (unpaired) electrons. The standard InChI is InChI=1S/C20H16N2O4/c1-12-16(20(25)26-2)17(13-8-4-3-5-9-13)22-19(24)15-11-7-6-10-14(15)18(23)21(12)22/h3-11,17H,1-2H3. The number of ether oxygens (including phenoxy) is 1. The number of aromatic nitrogens is 2. The summed E-state index contributed by atoms with van der Waals surface area (Å²) >= 11 is 0. The first-order chi connectivity index (χ1) is 12.6. The molecule has 4 rings (SSSR count). The van der Waals surface area contributed by atoms with Crippen LogP contribution in [0.15, 0.2) is 69.8 Å². The quantitative estimate of drug-likeness (QED) is 0.666. The Morgan fingerprint density at radius 3 is 2.12 bits per heavy atom. The SMILES string of the molecule is COC(=O)C1=C(C)n2c(=O)c3ccccc3c(=O)n2C1c1ccccc1. The van der Waals surface area contributed by atoms with E-state index < -0.39 is 12.0 Å². The molecule has 0 aliphatic carbocycles. The summed E-state index contributed by atoms with van der Waals surface area (Å²) in [6, 6.07) is 15.1. The van der Waals surface area contributed by atoms with Gasteiger partial charge in [0.25, 0.3) is 11.1 Å². The minimum absolute atomic E-state index is 0.285. The minimum Gasteiger partial charge on any atom is -0.466 e. The van der Waals surface area contributed by atoms with Crippen molar-refractivity contribution in [1.82, 2.24) is 9.36 Å². The third kappa shape index (κ3) is 2.08. The largest absolute Gasteiger partial charge is 0.466 e. The number of esters is 1. The average Bonchev–Trinajstić information content (AvgIpc) is 2.99. The second-order valence-electron chi connectivity index (χ2n) is 6.12. The molecule has 0 saturated carbocycles. The van der Waals surface area contributed by atoms with E-state index in [9.17, 15) is 14.4 Å². The molecule has 0 fully saturated rings. The van der Waals surface area contributed by atoms with Gasteiger partial charge >= 0.3 is 5.97 Å². The number of nitrogens with zero attached hydrogens (tertiary/aromatic N) is 2. The van der Waals surface area contributed by atoms with Crippen LogP contribution in [0, 0.1) is 0 Å². The van der Waals surface area contributed by atoms with Crippen LogP contribution in [0.4, 0.5) is 0 Å². The van der Waals surface area contributed by atoms with Crippen LogP contribution >= 0.6 is 0 Å². The number of hydrogen-bond donors (Lipinski definition) is 0. The van der Waals surface area contributed by atoms with Crippen molar-refractivity contribution in [3.63, 3.8) is 0 Å². The van der Waals surface area contributed by atoms with Gasteiger partial charge in [-0.15, -0.1) is 0 Å². The Kier molecular flexibility index (Phi) is 3.61. The molecular weight excluding hydrogens is 332 g/mol. The highest BCUT2D eigenvalue weighted by atomic mass is 16.5. The van der Waals surface area contributed by atoms with Crippen molar-refractivity contribution in [2.45, 2.75) is 13.0 Å². The molecule has 2 aromatic carbocycles. The van der Waals surface area contributed by atoms with Gasteiger partial charge < -0.3 is 4.74 Å². The van der Waals surface area contributed by atoms with E-state index in [1.807, 2.05) is 30.3 Å². The van der Waals surface area contributed by atoms with Gasteiger partial charge in [-0.05, 0) is 24.6 Å². The molecule has 130 valence electrons. The van der Waals surface area contributed by atoms with Gasteiger partial charge in [-0.2, -0.15) is 0 Å². The van der Waals surface area contributed by atoms with Crippen molar-refractivity contribution >= 4 is 22.4 Å². The van der Waals surface area contributed by atoms with Crippen molar-refractivity contribution < 1.29 is 9.53 Å². The normalized spacial score (nSPS) is 16.0. The molecule has 1 aromatic heterocycles. The average molecular weight is 348 g/mol. The predicted molar refractivity (Wildman–Crippen MR) is 98.0 cm³/mol. The number of fused-ring (bicyclic) bond motifs is 2. The molecule has 2 heterocycles. The zero-order valence-corrected chi connectivity index (χ0v) is 14.3. The van der Waals surface area contributed by atoms with Gasteiger partial charge in [-0.3, -0.25) is 9.59 Å². The molecule has 0 saturated heterocycles. The number of allylic oxidation sites excluding steroid dienone is 1. The maximum atomic E-state index is 13.2. The highest BCUT2D eigenvalue weighted by Crippen LogP contribution is 2.35. The molecule has 6 nitrogen and oxygen atoms in total. The Labute approximate surface area is 148 Å². The van der Waals surface area contributed by atoms with E-state index in [4.69, 9.17) is 4.74 Å². The lowest BCUT2D eigenvalue weighted by atomic mass is 9.98. The predicted octanol–water partition coefficient (Wildman–Crippen LogP) is 2.17. The van der Waals surface area contributed by atoms with Gasteiger partial charge in [-0.25, -0.2) is 14.2 Å². The van der Waals surface area contributed by atoms with Gasteiger partial charge in [0.2, 0.25) is 0 Å². The van der Waals surface area contributed by atoms with E-state index in [-0.39, 0.29) is 16.7 Å². The van der Waals surface area contributed by atoms with Crippen LogP contribution in [-0.2, 0) is 9.53 Å². The summed E-state index contributed by atoms with van der Waals surface area (Å²) in [4.78, 5) is 38.7. The van der Waals surface area contributed by atoms with Gasteiger partial charge in [0.05, 0.1) is 29.2 Å². The third-order valence-electron chi connectivity index (χ3n) is 4.75. The van der Waals surface area contributed by atoms with Gasteiger partial charge in [0.1, 0.15) is 6.04 Å². The number of benzene rings is 2. The molecular formula is C20H16N2O4. The van der Waals surface area contributed by atoms with E-state index in [0.717, 1.165) is 5.56 Å². The van der Waals surface area contributed by atoms with Crippen LogP contribution < -0.4 is 11.1 Å². The minimum atomic E-state index is -0.714. The maximum absolute atomic E-state index is 13.2. The summed E-state index contributed by atoms with van der Waals surface area (Å²) < 4.78 is 7.57. The molecule has 1 unspecified atom stereocenters. The van der Waals surface area contributed by atoms with E-state index in [2.05, 4.69) is 0 Å². The molecule has 6 heteroatoms. The van der Waals surface area contributed by atoms with Crippen LogP contribution in [0.1, 0.15) is 18.5 Å². The lowest BCUT2D eigenvalue weighted by Gasteiger charge is -2.18. The first-order valence-electron chi connectivity index (χ1n) is 8.17. The zero-order valence-electron chi connectivity index (χ0n) is 14.3. The molecule has 1 aliphatic rings. The summed E-state index contributed by atoms with van der Waals surface area (Å²) in [5.41, 5.74) is 0.756.